The molecule has 0 aliphatic rings. The van der Waals surface area contributed by atoms with E-state index in [1.807, 2.05) is 36.4 Å². The molecule has 2 N–H and O–H groups in total. The van der Waals surface area contributed by atoms with Crippen LogP contribution in [0.1, 0.15) is 11.5 Å². The molecule has 134 valence electrons. The molecular formula is C18H17Cl2N5O. The first-order valence-electron chi connectivity index (χ1n) is 7.91. The lowest BCUT2D eigenvalue weighted by atomic mass is 10.2. The van der Waals surface area contributed by atoms with Crippen molar-refractivity contribution in [1.82, 2.24) is 20.8 Å². The molecule has 6 nitrogen and oxygen atoms in total. The van der Waals surface area contributed by atoms with Gasteiger partial charge in [0.2, 0.25) is 11.7 Å². The highest BCUT2D eigenvalue weighted by molar-refractivity contribution is 6.31. The van der Waals surface area contributed by atoms with Crippen molar-refractivity contribution in [2.45, 2.75) is 13.1 Å². The molecule has 26 heavy (non-hydrogen) atoms. The number of nitrogens with one attached hydrogen (secondary N) is 2. The van der Waals surface area contributed by atoms with E-state index in [2.05, 4.69) is 25.8 Å². The zero-order valence-electron chi connectivity index (χ0n) is 14.0. The van der Waals surface area contributed by atoms with Crippen LogP contribution in [0, 0.1) is 0 Å². The number of guanidine groups is 1. The van der Waals surface area contributed by atoms with E-state index < -0.39 is 0 Å². The topological polar surface area (TPSA) is 75.3 Å². The van der Waals surface area contributed by atoms with Crippen LogP contribution in [-0.2, 0) is 13.1 Å². The Morgan fingerprint density at radius 1 is 1.04 bits per heavy atom. The average Bonchev–Trinajstić information content (AvgIpc) is 3.11. The van der Waals surface area contributed by atoms with Crippen LogP contribution in [-0.4, -0.2) is 23.1 Å². The fourth-order valence-corrected chi connectivity index (χ4v) is 2.69. The van der Waals surface area contributed by atoms with Gasteiger partial charge in [-0.1, -0.05) is 52.6 Å². The molecule has 0 spiro atoms. The predicted octanol–water partition coefficient (Wildman–Crippen LogP) is 3.91. The first-order valence-corrected chi connectivity index (χ1v) is 8.67. The van der Waals surface area contributed by atoms with Gasteiger partial charge in [0.1, 0.15) is 0 Å². The summed E-state index contributed by atoms with van der Waals surface area (Å²) in [4.78, 5) is 8.53. The normalized spacial score (nSPS) is 11.4. The highest BCUT2D eigenvalue weighted by Crippen LogP contribution is 2.19. The summed E-state index contributed by atoms with van der Waals surface area (Å²) in [5.74, 6) is 1.56. The number of aromatic nitrogens is 2. The Morgan fingerprint density at radius 3 is 2.50 bits per heavy atom. The molecule has 0 saturated carbocycles. The number of nitrogens with zero attached hydrogens (tertiary/aromatic N) is 3. The molecule has 0 unspecified atom stereocenters. The van der Waals surface area contributed by atoms with Crippen LogP contribution in [0.25, 0.3) is 11.4 Å². The van der Waals surface area contributed by atoms with Crippen LogP contribution >= 0.6 is 23.2 Å². The zero-order valence-corrected chi connectivity index (χ0v) is 15.6. The SMILES string of the molecule is CN=C(NCc1cccc(Cl)c1)NCc1nc(-c2cccc(Cl)c2)no1. The van der Waals surface area contributed by atoms with E-state index in [0.717, 1.165) is 11.1 Å². The second-order valence-electron chi connectivity index (χ2n) is 5.43. The van der Waals surface area contributed by atoms with Gasteiger partial charge in [0.25, 0.3) is 0 Å². The predicted molar refractivity (Wildman–Crippen MR) is 103 cm³/mol. The maximum absolute atomic E-state index is 5.99. The molecule has 0 amide bonds. The molecule has 0 aliphatic carbocycles. The molecule has 0 atom stereocenters. The van der Waals surface area contributed by atoms with Gasteiger partial charge in [-0.25, -0.2) is 0 Å². The number of hydrogen-bond acceptors (Lipinski definition) is 4. The lowest BCUT2D eigenvalue weighted by Gasteiger charge is -2.10. The van der Waals surface area contributed by atoms with E-state index in [-0.39, 0.29) is 0 Å². The van der Waals surface area contributed by atoms with Crippen LogP contribution in [0.2, 0.25) is 10.0 Å². The van der Waals surface area contributed by atoms with Gasteiger partial charge in [0, 0.05) is 29.2 Å². The summed E-state index contributed by atoms with van der Waals surface area (Å²) in [6.07, 6.45) is 0. The average molecular weight is 390 g/mol. The Hall–Kier alpha value is -2.57. The third kappa shape index (κ3) is 4.97. The van der Waals surface area contributed by atoms with Gasteiger partial charge in [0.05, 0.1) is 6.54 Å². The van der Waals surface area contributed by atoms with E-state index in [0.29, 0.717) is 40.8 Å². The minimum atomic E-state index is 0.350. The van der Waals surface area contributed by atoms with Crippen molar-refractivity contribution in [2.24, 2.45) is 4.99 Å². The third-order valence-corrected chi connectivity index (χ3v) is 4.00. The molecule has 0 aliphatic heterocycles. The minimum Gasteiger partial charge on any atom is -0.352 e. The maximum atomic E-state index is 5.99. The third-order valence-electron chi connectivity index (χ3n) is 3.53. The monoisotopic (exact) mass is 389 g/mol. The Balaban J connectivity index is 1.56. The van der Waals surface area contributed by atoms with Gasteiger partial charge in [-0.15, -0.1) is 0 Å². The standard InChI is InChI=1S/C18H17Cl2N5O/c1-21-18(22-10-12-4-2-6-14(19)8-12)23-11-16-24-17(25-26-16)13-5-3-7-15(20)9-13/h2-9H,10-11H2,1H3,(H2,21,22,23). The van der Waals surface area contributed by atoms with E-state index in [1.165, 1.54) is 0 Å². The van der Waals surface area contributed by atoms with E-state index in [9.17, 15) is 0 Å². The second-order valence-corrected chi connectivity index (χ2v) is 6.30. The molecule has 1 heterocycles. The molecule has 0 fully saturated rings. The van der Waals surface area contributed by atoms with Gasteiger partial charge < -0.3 is 15.2 Å². The fourth-order valence-electron chi connectivity index (χ4n) is 2.28. The lowest BCUT2D eigenvalue weighted by molar-refractivity contribution is 0.375. The summed E-state index contributed by atoms with van der Waals surface area (Å²) in [6, 6.07) is 14.9. The molecular weight excluding hydrogens is 373 g/mol. The molecule has 2 aromatic carbocycles. The van der Waals surface area contributed by atoms with Gasteiger partial charge in [-0.05, 0) is 29.8 Å². The Kier molecular flexibility index (Phi) is 6.09. The van der Waals surface area contributed by atoms with Crippen LogP contribution in [0.3, 0.4) is 0 Å². The second kappa shape index (κ2) is 8.69. The van der Waals surface area contributed by atoms with Crippen LogP contribution in [0.4, 0.5) is 0 Å². The molecule has 8 heteroatoms. The molecule has 3 rings (SSSR count). The van der Waals surface area contributed by atoms with Crippen molar-refractivity contribution in [2.75, 3.05) is 7.05 Å². The van der Waals surface area contributed by atoms with Crippen molar-refractivity contribution in [3.63, 3.8) is 0 Å². The maximum Gasteiger partial charge on any atom is 0.246 e. The fraction of sp³-hybridized carbons (Fsp3) is 0.167. The Bertz CT molecular complexity index is 910. The molecule has 0 radical (unpaired) electrons. The largest absolute Gasteiger partial charge is 0.352 e. The molecule has 3 aromatic rings. The van der Waals surface area contributed by atoms with Crippen LogP contribution in [0.5, 0.6) is 0 Å². The van der Waals surface area contributed by atoms with E-state index in [1.54, 1.807) is 19.2 Å². The van der Waals surface area contributed by atoms with Gasteiger partial charge in [0.15, 0.2) is 5.96 Å². The van der Waals surface area contributed by atoms with Crippen LogP contribution < -0.4 is 10.6 Å². The number of aliphatic imine (C=N–C) groups is 1. The molecule has 0 bridgehead atoms. The number of hydrogen-bond donors (Lipinski definition) is 2. The summed E-state index contributed by atoms with van der Waals surface area (Å²) in [5.41, 5.74) is 1.86. The Labute approximate surface area is 161 Å². The van der Waals surface area contributed by atoms with Gasteiger partial charge in [-0.3, -0.25) is 4.99 Å². The van der Waals surface area contributed by atoms with Gasteiger partial charge >= 0.3 is 0 Å². The van der Waals surface area contributed by atoms with Crippen molar-refractivity contribution < 1.29 is 4.52 Å². The van der Waals surface area contributed by atoms with Crippen molar-refractivity contribution >= 4 is 29.2 Å². The summed E-state index contributed by atoms with van der Waals surface area (Å²) < 4.78 is 5.27. The van der Waals surface area contributed by atoms with Crippen molar-refractivity contribution in [3.8, 4) is 11.4 Å². The first-order chi connectivity index (χ1) is 12.6. The Morgan fingerprint density at radius 2 is 1.77 bits per heavy atom. The number of benzene rings is 2. The smallest absolute Gasteiger partial charge is 0.246 e. The van der Waals surface area contributed by atoms with E-state index >= 15 is 0 Å². The molecule has 1 aromatic heterocycles. The summed E-state index contributed by atoms with van der Waals surface area (Å²) >= 11 is 12.0. The molecule has 0 saturated heterocycles. The zero-order chi connectivity index (χ0) is 18.4. The lowest BCUT2D eigenvalue weighted by Crippen LogP contribution is -2.36. The van der Waals surface area contributed by atoms with E-state index in [4.69, 9.17) is 27.7 Å². The van der Waals surface area contributed by atoms with Crippen LogP contribution in [0.15, 0.2) is 58.0 Å². The summed E-state index contributed by atoms with van der Waals surface area (Å²) in [5, 5.41) is 11.6. The highest BCUT2D eigenvalue weighted by Gasteiger charge is 2.09. The highest BCUT2D eigenvalue weighted by atomic mass is 35.5. The number of halogens is 2. The quantitative estimate of drug-likeness (QED) is 0.510. The summed E-state index contributed by atoms with van der Waals surface area (Å²) in [6.45, 7) is 0.945. The first kappa shape index (κ1) is 18.2. The van der Waals surface area contributed by atoms with Crippen molar-refractivity contribution in [1.29, 1.82) is 0 Å². The number of rotatable bonds is 5. The summed E-state index contributed by atoms with van der Waals surface area (Å²) in [7, 11) is 1.69. The van der Waals surface area contributed by atoms with Gasteiger partial charge in [-0.2, -0.15) is 4.98 Å². The minimum absolute atomic E-state index is 0.350. The van der Waals surface area contributed by atoms with Crippen molar-refractivity contribution in [3.05, 3.63) is 70.0 Å².